The van der Waals surface area contributed by atoms with Gasteiger partial charge in [-0.3, -0.25) is 9.59 Å². The van der Waals surface area contributed by atoms with Gasteiger partial charge in [0.15, 0.2) is 6.61 Å². The molecule has 0 atom stereocenters. The molecule has 0 heterocycles. The van der Waals surface area contributed by atoms with Crippen molar-refractivity contribution in [2.75, 3.05) is 34.4 Å². The van der Waals surface area contributed by atoms with E-state index in [0.29, 0.717) is 11.3 Å². The van der Waals surface area contributed by atoms with Gasteiger partial charge in [0, 0.05) is 14.1 Å². The fraction of sp³-hybridized carbons (Fsp3) is 0.357. The zero-order valence-corrected chi connectivity index (χ0v) is 12.2. The molecule has 0 saturated carbocycles. The van der Waals surface area contributed by atoms with Crippen LogP contribution in [-0.2, 0) is 14.3 Å². The summed E-state index contributed by atoms with van der Waals surface area (Å²) in [4.78, 5) is 35.7. The minimum absolute atomic E-state index is 0.133. The first-order valence-corrected chi connectivity index (χ1v) is 6.22. The molecule has 21 heavy (non-hydrogen) atoms. The SMILES string of the molecule is COc1ccc(C(=O)OCC(=O)NCC(=O)N(C)C)cc1. The summed E-state index contributed by atoms with van der Waals surface area (Å²) >= 11 is 0. The highest BCUT2D eigenvalue weighted by Gasteiger charge is 2.11. The number of benzene rings is 1. The Labute approximate surface area is 122 Å². The second-order valence-corrected chi connectivity index (χ2v) is 4.37. The largest absolute Gasteiger partial charge is 0.497 e. The second kappa shape index (κ2) is 7.88. The van der Waals surface area contributed by atoms with E-state index in [1.807, 2.05) is 0 Å². The summed E-state index contributed by atoms with van der Waals surface area (Å²) in [6, 6.07) is 6.31. The van der Waals surface area contributed by atoms with Crippen LogP contribution in [0.3, 0.4) is 0 Å². The molecule has 0 saturated heterocycles. The van der Waals surface area contributed by atoms with Gasteiger partial charge in [-0.05, 0) is 24.3 Å². The number of nitrogens with zero attached hydrogens (tertiary/aromatic N) is 1. The Kier molecular flexibility index (Phi) is 6.19. The van der Waals surface area contributed by atoms with E-state index in [0.717, 1.165) is 0 Å². The molecule has 114 valence electrons. The van der Waals surface area contributed by atoms with Gasteiger partial charge in [0.1, 0.15) is 5.75 Å². The van der Waals surface area contributed by atoms with Gasteiger partial charge in [0.25, 0.3) is 5.91 Å². The number of esters is 1. The van der Waals surface area contributed by atoms with Crippen LogP contribution in [0.2, 0.25) is 0 Å². The first-order chi connectivity index (χ1) is 9.93. The molecular weight excluding hydrogens is 276 g/mol. The molecule has 0 unspecified atom stereocenters. The van der Waals surface area contributed by atoms with Gasteiger partial charge in [0.2, 0.25) is 5.91 Å². The lowest BCUT2D eigenvalue weighted by Crippen LogP contribution is -2.38. The quantitative estimate of drug-likeness (QED) is 0.750. The standard InChI is InChI=1S/C14H18N2O5/c1-16(2)13(18)8-15-12(17)9-21-14(19)10-4-6-11(20-3)7-5-10/h4-7H,8-9H2,1-3H3,(H,15,17). The normalized spacial score (nSPS) is 9.67. The molecule has 1 N–H and O–H groups in total. The zero-order valence-electron chi connectivity index (χ0n) is 12.2. The number of hydrogen-bond donors (Lipinski definition) is 1. The highest BCUT2D eigenvalue weighted by Crippen LogP contribution is 2.11. The zero-order chi connectivity index (χ0) is 15.8. The average Bonchev–Trinajstić information content (AvgIpc) is 2.50. The summed E-state index contributed by atoms with van der Waals surface area (Å²) in [6.07, 6.45) is 0. The summed E-state index contributed by atoms with van der Waals surface area (Å²) in [5.41, 5.74) is 0.313. The molecule has 0 spiro atoms. The van der Waals surface area contributed by atoms with E-state index >= 15 is 0 Å². The first kappa shape index (κ1) is 16.5. The molecule has 1 rings (SSSR count). The third kappa shape index (κ3) is 5.52. The van der Waals surface area contributed by atoms with Gasteiger partial charge in [-0.1, -0.05) is 0 Å². The summed E-state index contributed by atoms with van der Waals surface area (Å²) in [5, 5.41) is 2.36. The van der Waals surface area contributed by atoms with E-state index in [9.17, 15) is 14.4 Å². The molecule has 0 aromatic heterocycles. The number of ether oxygens (including phenoxy) is 2. The van der Waals surface area contributed by atoms with Crippen molar-refractivity contribution in [1.29, 1.82) is 0 Å². The second-order valence-electron chi connectivity index (χ2n) is 4.37. The van der Waals surface area contributed by atoms with Gasteiger partial charge in [-0.25, -0.2) is 4.79 Å². The Morgan fingerprint density at radius 3 is 2.29 bits per heavy atom. The van der Waals surface area contributed by atoms with E-state index in [4.69, 9.17) is 9.47 Å². The molecule has 2 amide bonds. The smallest absolute Gasteiger partial charge is 0.338 e. The van der Waals surface area contributed by atoms with Crippen molar-refractivity contribution in [3.63, 3.8) is 0 Å². The summed E-state index contributed by atoms with van der Waals surface area (Å²) in [5.74, 6) is -0.782. The van der Waals surface area contributed by atoms with Crippen LogP contribution in [0.1, 0.15) is 10.4 Å². The van der Waals surface area contributed by atoms with Crippen LogP contribution in [0.5, 0.6) is 5.75 Å². The third-order valence-corrected chi connectivity index (χ3v) is 2.60. The predicted octanol–water partition coefficient (Wildman–Crippen LogP) is 0.0564. The van der Waals surface area contributed by atoms with Crippen molar-refractivity contribution in [2.45, 2.75) is 0 Å². The Hall–Kier alpha value is -2.57. The maximum atomic E-state index is 11.7. The molecule has 0 fully saturated rings. The molecule has 7 heteroatoms. The fourth-order valence-corrected chi connectivity index (χ4v) is 1.32. The molecule has 1 aromatic rings. The summed E-state index contributed by atoms with van der Waals surface area (Å²) < 4.78 is 9.81. The molecular formula is C14H18N2O5. The molecule has 1 aromatic carbocycles. The van der Waals surface area contributed by atoms with Crippen LogP contribution in [-0.4, -0.2) is 57.0 Å². The topological polar surface area (TPSA) is 84.9 Å². The maximum absolute atomic E-state index is 11.7. The number of rotatable bonds is 6. The third-order valence-electron chi connectivity index (χ3n) is 2.60. The lowest BCUT2D eigenvalue weighted by atomic mass is 10.2. The van der Waals surface area contributed by atoms with Crippen molar-refractivity contribution < 1.29 is 23.9 Å². The lowest BCUT2D eigenvalue weighted by molar-refractivity contribution is -0.131. The van der Waals surface area contributed by atoms with Crippen LogP contribution in [0, 0.1) is 0 Å². The number of nitrogens with one attached hydrogen (secondary N) is 1. The van der Waals surface area contributed by atoms with Crippen molar-refractivity contribution in [1.82, 2.24) is 10.2 Å². The number of amides is 2. The Bertz CT molecular complexity index is 511. The van der Waals surface area contributed by atoms with E-state index < -0.39 is 18.5 Å². The molecule has 0 aliphatic heterocycles. The maximum Gasteiger partial charge on any atom is 0.338 e. The molecule has 0 aliphatic rings. The number of carbonyl (C=O) groups is 3. The van der Waals surface area contributed by atoms with E-state index in [-0.39, 0.29) is 12.5 Å². The Balaban J connectivity index is 2.38. The molecule has 7 nitrogen and oxygen atoms in total. The van der Waals surface area contributed by atoms with Crippen LogP contribution >= 0.6 is 0 Å². The Morgan fingerprint density at radius 1 is 1.14 bits per heavy atom. The minimum Gasteiger partial charge on any atom is -0.497 e. The van der Waals surface area contributed by atoms with Crippen LogP contribution in [0.15, 0.2) is 24.3 Å². The average molecular weight is 294 g/mol. The first-order valence-electron chi connectivity index (χ1n) is 6.22. The molecule has 0 aliphatic carbocycles. The van der Waals surface area contributed by atoms with Gasteiger partial charge in [0.05, 0.1) is 19.2 Å². The number of hydrogen-bond acceptors (Lipinski definition) is 5. The van der Waals surface area contributed by atoms with Crippen LogP contribution < -0.4 is 10.1 Å². The number of carbonyl (C=O) groups excluding carboxylic acids is 3. The van der Waals surface area contributed by atoms with Gasteiger partial charge < -0.3 is 19.7 Å². The van der Waals surface area contributed by atoms with Crippen molar-refractivity contribution in [3.8, 4) is 5.75 Å². The summed E-state index contributed by atoms with van der Waals surface area (Å²) in [6.45, 7) is -0.572. The van der Waals surface area contributed by atoms with Gasteiger partial charge in [-0.15, -0.1) is 0 Å². The number of methoxy groups -OCH3 is 1. The lowest BCUT2D eigenvalue weighted by Gasteiger charge is -2.11. The highest BCUT2D eigenvalue weighted by atomic mass is 16.5. The molecule has 0 radical (unpaired) electrons. The Morgan fingerprint density at radius 2 is 1.76 bits per heavy atom. The van der Waals surface area contributed by atoms with E-state index in [2.05, 4.69) is 5.32 Å². The van der Waals surface area contributed by atoms with Crippen molar-refractivity contribution in [2.24, 2.45) is 0 Å². The molecule has 0 bridgehead atoms. The van der Waals surface area contributed by atoms with Crippen LogP contribution in [0.25, 0.3) is 0 Å². The number of likely N-dealkylation sites (N-methyl/N-ethyl adjacent to an activating group) is 1. The highest BCUT2D eigenvalue weighted by molar-refractivity contribution is 5.92. The van der Waals surface area contributed by atoms with E-state index in [1.165, 1.54) is 24.1 Å². The van der Waals surface area contributed by atoms with Crippen molar-refractivity contribution in [3.05, 3.63) is 29.8 Å². The monoisotopic (exact) mass is 294 g/mol. The minimum atomic E-state index is -0.619. The van der Waals surface area contributed by atoms with Gasteiger partial charge in [-0.2, -0.15) is 0 Å². The van der Waals surface area contributed by atoms with Crippen LogP contribution in [0.4, 0.5) is 0 Å². The fourth-order valence-electron chi connectivity index (χ4n) is 1.32. The van der Waals surface area contributed by atoms with E-state index in [1.54, 1.807) is 26.2 Å². The van der Waals surface area contributed by atoms with Gasteiger partial charge >= 0.3 is 5.97 Å². The summed E-state index contributed by atoms with van der Waals surface area (Å²) in [7, 11) is 4.68. The van der Waals surface area contributed by atoms with Crippen molar-refractivity contribution >= 4 is 17.8 Å². The predicted molar refractivity (Wildman–Crippen MR) is 75.0 cm³/mol.